The van der Waals surface area contributed by atoms with E-state index >= 15 is 0 Å². The van der Waals surface area contributed by atoms with Crippen LogP contribution in [0, 0.1) is 6.92 Å². The molecule has 0 aliphatic heterocycles. The number of aryl methyl sites for hydroxylation is 1. The summed E-state index contributed by atoms with van der Waals surface area (Å²) in [7, 11) is 1.66. The summed E-state index contributed by atoms with van der Waals surface area (Å²) in [5.41, 5.74) is 4.95. The summed E-state index contributed by atoms with van der Waals surface area (Å²) >= 11 is 0. The highest BCUT2D eigenvalue weighted by molar-refractivity contribution is 5.39. The van der Waals surface area contributed by atoms with Crippen molar-refractivity contribution in [3.05, 3.63) is 29.3 Å². The Morgan fingerprint density at radius 1 is 1.44 bits per heavy atom. The van der Waals surface area contributed by atoms with Gasteiger partial charge >= 0.3 is 0 Å². The SMILES string of the molecule is CCOCC(NN)c1cc(C)ccc1OC. The standard InChI is InChI=1S/C12H20N2O2/c1-4-16-8-11(14-13)10-7-9(2)5-6-12(10)15-3/h5-7,11,14H,4,8,13H2,1-3H3. The fraction of sp³-hybridized carbons (Fsp3) is 0.500. The third-order valence-electron chi connectivity index (χ3n) is 2.45. The van der Waals surface area contributed by atoms with Crippen LogP contribution in [0.1, 0.15) is 24.1 Å². The van der Waals surface area contributed by atoms with Crippen LogP contribution in [0.3, 0.4) is 0 Å². The average Bonchev–Trinajstić information content (AvgIpc) is 2.30. The molecule has 4 nitrogen and oxygen atoms in total. The summed E-state index contributed by atoms with van der Waals surface area (Å²) < 4.78 is 10.7. The number of hydrogen-bond donors (Lipinski definition) is 2. The van der Waals surface area contributed by atoms with Gasteiger partial charge in [-0.2, -0.15) is 0 Å². The molecule has 4 heteroatoms. The minimum atomic E-state index is -0.0465. The van der Waals surface area contributed by atoms with Gasteiger partial charge in [0.2, 0.25) is 0 Å². The van der Waals surface area contributed by atoms with Crippen molar-refractivity contribution >= 4 is 0 Å². The van der Waals surface area contributed by atoms with Crippen molar-refractivity contribution in [1.29, 1.82) is 0 Å². The lowest BCUT2D eigenvalue weighted by Crippen LogP contribution is -2.31. The van der Waals surface area contributed by atoms with Crippen molar-refractivity contribution in [3.63, 3.8) is 0 Å². The van der Waals surface area contributed by atoms with Crippen molar-refractivity contribution in [3.8, 4) is 5.75 Å². The highest BCUT2D eigenvalue weighted by atomic mass is 16.5. The number of rotatable bonds is 6. The van der Waals surface area contributed by atoms with E-state index in [1.165, 1.54) is 5.56 Å². The molecule has 1 aromatic rings. The first-order valence-electron chi connectivity index (χ1n) is 5.41. The Hall–Kier alpha value is -1.10. The molecule has 0 aromatic heterocycles. The molecule has 16 heavy (non-hydrogen) atoms. The summed E-state index contributed by atoms with van der Waals surface area (Å²) in [6.07, 6.45) is 0. The van der Waals surface area contributed by atoms with Crippen molar-refractivity contribution in [1.82, 2.24) is 5.43 Å². The monoisotopic (exact) mass is 224 g/mol. The minimum absolute atomic E-state index is 0.0465. The van der Waals surface area contributed by atoms with Crippen LogP contribution in [0.2, 0.25) is 0 Å². The topological polar surface area (TPSA) is 56.5 Å². The molecular weight excluding hydrogens is 204 g/mol. The van der Waals surface area contributed by atoms with Crippen LogP contribution >= 0.6 is 0 Å². The molecule has 0 aliphatic rings. The third kappa shape index (κ3) is 3.20. The van der Waals surface area contributed by atoms with E-state index < -0.39 is 0 Å². The summed E-state index contributed by atoms with van der Waals surface area (Å²) in [6.45, 7) is 5.21. The summed E-state index contributed by atoms with van der Waals surface area (Å²) in [5.74, 6) is 6.36. The molecule has 0 amide bonds. The third-order valence-corrected chi connectivity index (χ3v) is 2.45. The lowest BCUT2D eigenvalue weighted by Gasteiger charge is -2.19. The average molecular weight is 224 g/mol. The van der Waals surface area contributed by atoms with Crippen LogP contribution < -0.4 is 16.0 Å². The molecule has 3 N–H and O–H groups in total. The van der Waals surface area contributed by atoms with Gasteiger partial charge in [-0.3, -0.25) is 11.3 Å². The maximum atomic E-state index is 5.53. The molecule has 0 bridgehead atoms. The molecule has 0 saturated heterocycles. The van der Waals surface area contributed by atoms with Crippen molar-refractivity contribution < 1.29 is 9.47 Å². The Balaban J connectivity index is 2.92. The van der Waals surface area contributed by atoms with E-state index in [1.807, 2.05) is 26.0 Å². The quantitative estimate of drug-likeness (QED) is 0.568. The zero-order valence-electron chi connectivity index (χ0n) is 10.1. The zero-order valence-corrected chi connectivity index (χ0v) is 10.1. The lowest BCUT2D eigenvalue weighted by atomic mass is 10.0. The van der Waals surface area contributed by atoms with Crippen LogP contribution in [0.25, 0.3) is 0 Å². The first kappa shape index (κ1) is 13.0. The normalized spacial score (nSPS) is 12.5. The van der Waals surface area contributed by atoms with Crippen LogP contribution in [0.4, 0.5) is 0 Å². The Bertz CT molecular complexity index is 329. The first-order chi connectivity index (χ1) is 7.72. The van der Waals surface area contributed by atoms with E-state index in [1.54, 1.807) is 7.11 Å². The van der Waals surface area contributed by atoms with Crippen LogP contribution in [0.15, 0.2) is 18.2 Å². The van der Waals surface area contributed by atoms with Gasteiger partial charge in [0.1, 0.15) is 5.75 Å². The summed E-state index contributed by atoms with van der Waals surface area (Å²) in [5, 5.41) is 0. The molecule has 0 fully saturated rings. The second kappa shape index (κ2) is 6.48. The summed E-state index contributed by atoms with van der Waals surface area (Å²) in [4.78, 5) is 0. The van der Waals surface area contributed by atoms with Gasteiger partial charge in [-0.15, -0.1) is 0 Å². The molecule has 0 heterocycles. The zero-order chi connectivity index (χ0) is 12.0. The minimum Gasteiger partial charge on any atom is -0.496 e. The van der Waals surface area contributed by atoms with Gasteiger partial charge in [-0.1, -0.05) is 17.7 Å². The van der Waals surface area contributed by atoms with Crippen molar-refractivity contribution in [2.24, 2.45) is 5.84 Å². The van der Waals surface area contributed by atoms with E-state index in [0.717, 1.165) is 11.3 Å². The number of methoxy groups -OCH3 is 1. The maximum absolute atomic E-state index is 5.53. The van der Waals surface area contributed by atoms with Gasteiger partial charge in [0, 0.05) is 12.2 Å². The fourth-order valence-corrected chi connectivity index (χ4v) is 1.59. The molecule has 90 valence electrons. The second-order valence-electron chi connectivity index (χ2n) is 3.62. The molecule has 0 saturated carbocycles. The van der Waals surface area contributed by atoms with E-state index in [2.05, 4.69) is 11.5 Å². The Morgan fingerprint density at radius 3 is 2.75 bits per heavy atom. The molecule has 1 atom stereocenters. The molecule has 1 rings (SSSR count). The van der Waals surface area contributed by atoms with Crippen LogP contribution in [0.5, 0.6) is 5.75 Å². The number of hydrazine groups is 1. The number of ether oxygens (including phenoxy) is 2. The number of nitrogens with two attached hydrogens (primary N) is 1. The molecule has 1 aromatic carbocycles. The van der Waals surface area contributed by atoms with Gasteiger partial charge in [0.25, 0.3) is 0 Å². The maximum Gasteiger partial charge on any atom is 0.123 e. The Labute approximate surface area is 96.7 Å². The highest BCUT2D eigenvalue weighted by Gasteiger charge is 2.14. The van der Waals surface area contributed by atoms with Gasteiger partial charge < -0.3 is 9.47 Å². The number of nitrogens with one attached hydrogen (secondary N) is 1. The Morgan fingerprint density at radius 2 is 2.19 bits per heavy atom. The predicted molar refractivity (Wildman–Crippen MR) is 64.3 cm³/mol. The van der Waals surface area contributed by atoms with E-state index in [9.17, 15) is 0 Å². The molecule has 0 spiro atoms. The fourth-order valence-electron chi connectivity index (χ4n) is 1.59. The first-order valence-corrected chi connectivity index (χ1v) is 5.41. The number of benzene rings is 1. The van der Waals surface area contributed by atoms with Gasteiger partial charge in [0.05, 0.1) is 19.8 Å². The van der Waals surface area contributed by atoms with E-state index in [0.29, 0.717) is 13.2 Å². The van der Waals surface area contributed by atoms with Gasteiger partial charge in [-0.25, -0.2) is 0 Å². The van der Waals surface area contributed by atoms with Crippen LogP contribution in [-0.4, -0.2) is 20.3 Å². The smallest absolute Gasteiger partial charge is 0.123 e. The Kier molecular flexibility index (Phi) is 5.25. The summed E-state index contributed by atoms with van der Waals surface area (Å²) in [6, 6.07) is 5.97. The van der Waals surface area contributed by atoms with Crippen molar-refractivity contribution in [2.45, 2.75) is 19.9 Å². The lowest BCUT2D eigenvalue weighted by molar-refractivity contribution is 0.122. The van der Waals surface area contributed by atoms with Gasteiger partial charge in [-0.05, 0) is 19.9 Å². The van der Waals surface area contributed by atoms with Gasteiger partial charge in [0.15, 0.2) is 0 Å². The van der Waals surface area contributed by atoms with E-state index in [-0.39, 0.29) is 6.04 Å². The molecule has 0 aliphatic carbocycles. The van der Waals surface area contributed by atoms with Crippen LogP contribution in [-0.2, 0) is 4.74 Å². The molecular formula is C12H20N2O2. The number of hydrogen-bond acceptors (Lipinski definition) is 4. The predicted octanol–water partition coefficient (Wildman–Crippen LogP) is 1.54. The van der Waals surface area contributed by atoms with Crippen molar-refractivity contribution in [2.75, 3.05) is 20.3 Å². The second-order valence-corrected chi connectivity index (χ2v) is 3.62. The van der Waals surface area contributed by atoms with E-state index in [4.69, 9.17) is 15.3 Å². The highest BCUT2D eigenvalue weighted by Crippen LogP contribution is 2.26. The molecule has 1 unspecified atom stereocenters. The molecule has 0 radical (unpaired) electrons. The largest absolute Gasteiger partial charge is 0.496 e.